The zero-order valence-electron chi connectivity index (χ0n) is 16.8. The summed E-state index contributed by atoms with van der Waals surface area (Å²) in [6, 6.07) is 10.4. The van der Waals surface area contributed by atoms with E-state index in [-0.39, 0.29) is 47.1 Å². The average Bonchev–Trinajstić information content (AvgIpc) is 2.68. The van der Waals surface area contributed by atoms with Crippen molar-refractivity contribution in [2.45, 2.75) is 19.2 Å². The number of para-hydroxylation sites is 2. The van der Waals surface area contributed by atoms with Gasteiger partial charge in [-0.2, -0.15) is 0 Å². The summed E-state index contributed by atoms with van der Waals surface area (Å²) in [5.41, 5.74) is 5.86. The average molecular weight is 549 g/mol. The van der Waals surface area contributed by atoms with Crippen molar-refractivity contribution in [2.75, 3.05) is 25.0 Å². The third-order valence-corrected chi connectivity index (χ3v) is 5.03. The molecule has 0 saturated carbocycles. The molecule has 3 rings (SSSR count). The number of nitrogens with two attached hydrogens (primary N) is 1. The number of carbonyl (C=O) groups excluding carboxylic acids is 2. The van der Waals surface area contributed by atoms with Crippen molar-refractivity contribution in [3.05, 3.63) is 54.1 Å². The lowest BCUT2D eigenvalue weighted by Crippen LogP contribution is -2.34. The second-order valence-corrected chi connectivity index (χ2v) is 7.18. The summed E-state index contributed by atoms with van der Waals surface area (Å²) in [5.74, 6) is -0.774. The van der Waals surface area contributed by atoms with Crippen LogP contribution in [0.15, 0.2) is 48.5 Å². The fourth-order valence-electron chi connectivity index (χ4n) is 3.54. The number of likely N-dealkylation sites (tertiary alicyclic amines) is 1. The molecule has 1 heterocycles. The van der Waals surface area contributed by atoms with Crippen LogP contribution >= 0.6 is 24.0 Å². The molecule has 0 radical (unpaired) electrons. The van der Waals surface area contributed by atoms with E-state index in [1.165, 1.54) is 30.3 Å². The Hall–Kier alpha value is -2.34. The summed E-state index contributed by atoms with van der Waals surface area (Å²) in [5, 5.41) is 0. The number of urea groups is 1. The number of ketones is 1. The number of carbonyl (C=O) groups is 2. The molecule has 2 aromatic rings. The first-order valence-electron chi connectivity index (χ1n) is 9.43. The van der Waals surface area contributed by atoms with Gasteiger partial charge in [-0.15, -0.1) is 37.1 Å². The van der Waals surface area contributed by atoms with E-state index in [4.69, 9.17) is 5.73 Å². The van der Waals surface area contributed by atoms with Crippen LogP contribution in [0, 0.1) is 5.92 Å². The van der Waals surface area contributed by atoms with Gasteiger partial charge in [0.25, 0.3) is 0 Å². The fraction of sp³-hybridized carbons (Fsp3) is 0.333. The molecule has 168 valence electrons. The van der Waals surface area contributed by atoms with Crippen LogP contribution in [0.2, 0.25) is 0 Å². The first kappa shape index (κ1) is 24.9. The smallest absolute Gasteiger partial charge is 0.404 e. The Morgan fingerprint density at radius 3 is 2.35 bits per heavy atom. The van der Waals surface area contributed by atoms with Crippen molar-refractivity contribution in [2.24, 2.45) is 11.7 Å². The van der Waals surface area contributed by atoms with Gasteiger partial charge in [-0.3, -0.25) is 9.69 Å². The highest BCUT2D eigenvalue weighted by Gasteiger charge is 2.33. The highest BCUT2D eigenvalue weighted by Crippen LogP contribution is 2.37. The second kappa shape index (κ2) is 10.3. The zero-order chi connectivity index (χ0) is 21.9. The lowest BCUT2D eigenvalue weighted by Gasteiger charge is -2.28. The molecule has 1 aliphatic heterocycles. The number of Topliss-reactive ketones (excluding diaryl/α,β-unsaturated/α-hetero) is 1. The molecule has 10 heteroatoms. The first-order chi connectivity index (χ1) is 14.2. The summed E-state index contributed by atoms with van der Waals surface area (Å²) in [4.78, 5) is 28.1. The second-order valence-electron chi connectivity index (χ2n) is 7.18. The normalized spacial score (nSPS) is 15.1. The van der Waals surface area contributed by atoms with Gasteiger partial charge in [0.1, 0.15) is 0 Å². The van der Waals surface area contributed by atoms with Crippen LogP contribution in [0.1, 0.15) is 23.2 Å². The molecule has 1 saturated heterocycles. The molecule has 0 spiro atoms. The van der Waals surface area contributed by atoms with Gasteiger partial charge in [-0.25, -0.2) is 4.79 Å². The van der Waals surface area contributed by atoms with Crippen molar-refractivity contribution in [3.63, 3.8) is 0 Å². The van der Waals surface area contributed by atoms with E-state index in [0.29, 0.717) is 5.56 Å². The van der Waals surface area contributed by atoms with Crippen molar-refractivity contribution in [1.29, 1.82) is 0 Å². The molecule has 1 aliphatic rings. The standard InChI is InChI=1S/C21H22F3N3O3.HI/c1-26-11-9-14(10-12-26)19(28)15-5-4-6-16(13-15)27(20(25)29)17-7-2-3-8-18(17)30-21(22,23)24;/h2-8,13-14H,9-12H2,1H3,(H2,25,29);1H. The molecule has 2 N–H and O–H groups in total. The summed E-state index contributed by atoms with van der Waals surface area (Å²) in [6.07, 6.45) is -3.49. The molecule has 0 bridgehead atoms. The van der Waals surface area contributed by atoms with Gasteiger partial charge < -0.3 is 15.4 Å². The largest absolute Gasteiger partial charge is 0.573 e. The Labute approximate surface area is 195 Å². The molecule has 0 unspecified atom stereocenters. The van der Waals surface area contributed by atoms with Crippen LogP contribution in [-0.2, 0) is 0 Å². The number of primary amides is 1. The molecule has 0 aliphatic carbocycles. The number of piperidine rings is 1. The van der Waals surface area contributed by atoms with Crippen LogP contribution in [0.3, 0.4) is 0 Å². The number of ether oxygens (including phenoxy) is 1. The monoisotopic (exact) mass is 549 g/mol. The van der Waals surface area contributed by atoms with Crippen LogP contribution in [-0.4, -0.2) is 43.2 Å². The molecular weight excluding hydrogens is 526 g/mol. The van der Waals surface area contributed by atoms with Crippen LogP contribution < -0.4 is 15.4 Å². The summed E-state index contributed by atoms with van der Waals surface area (Å²) in [6.45, 7) is 1.62. The predicted octanol–water partition coefficient (Wildman–Crippen LogP) is 4.94. The van der Waals surface area contributed by atoms with E-state index in [9.17, 15) is 22.8 Å². The van der Waals surface area contributed by atoms with Gasteiger partial charge in [-0.05, 0) is 57.2 Å². The molecule has 0 aromatic heterocycles. The molecule has 31 heavy (non-hydrogen) atoms. The van der Waals surface area contributed by atoms with Crippen molar-refractivity contribution in [3.8, 4) is 5.75 Å². The maximum Gasteiger partial charge on any atom is 0.573 e. The van der Waals surface area contributed by atoms with E-state index in [2.05, 4.69) is 9.64 Å². The Kier molecular flexibility index (Phi) is 8.29. The minimum atomic E-state index is -4.94. The van der Waals surface area contributed by atoms with Crippen LogP contribution in [0.25, 0.3) is 0 Å². The maximum atomic E-state index is 12.9. The SMILES string of the molecule is CN1CCC(C(=O)c2cccc(N(C(N)=O)c3ccccc3OC(F)(F)F)c2)CC1.I. The molecule has 0 atom stereocenters. The number of hydrogen-bond donors (Lipinski definition) is 1. The number of rotatable bonds is 5. The Morgan fingerprint density at radius 1 is 1.10 bits per heavy atom. The molecular formula is C21H23F3IN3O3. The molecule has 2 amide bonds. The number of alkyl halides is 3. The van der Waals surface area contributed by atoms with Crippen LogP contribution in [0.4, 0.5) is 29.3 Å². The molecule has 1 fully saturated rings. The van der Waals surface area contributed by atoms with E-state index in [0.717, 1.165) is 36.9 Å². The first-order valence-corrected chi connectivity index (χ1v) is 9.43. The number of halogens is 4. The van der Waals surface area contributed by atoms with E-state index in [1.54, 1.807) is 12.1 Å². The summed E-state index contributed by atoms with van der Waals surface area (Å²) >= 11 is 0. The van der Waals surface area contributed by atoms with Gasteiger partial charge in [-0.1, -0.05) is 24.3 Å². The van der Waals surface area contributed by atoms with Gasteiger partial charge in [0.2, 0.25) is 0 Å². The quantitative estimate of drug-likeness (QED) is 0.424. The van der Waals surface area contributed by atoms with E-state index in [1.807, 2.05) is 7.05 Å². The molecule has 6 nitrogen and oxygen atoms in total. The summed E-state index contributed by atoms with van der Waals surface area (Å²) < 4.78 is 42.4. The van der Waals surface area contributed by atoms with Crippen molar-refractivity contribution < 1.29 is 27.5 Å². The number of benzene rings is 2. The summed E-state index contributed by atoms with van der Waals surface area (Å²) in [7, 11) is 1.99. The van der Waals surface area contributed by atoms with Gasteiger partial charge in [0.05, 0.1) is 11.4 Å². The molecule has 2 aromatic carbocycles. The predicted molar refractivity (Wildman–Crippen MR) is 121 cm³/mol. The van der Waals surface area contributed by atoms with Crippen molar-refractivity contribution >= 4 is 47.2 Å². The van der Waals surface area contributed by atoms with Crippen LogP contribution in [0.5, 0.6) is 5.75 Å². The van der Waals surface area contributed by atoms with Gasteiger partial charge >= 0.3 is 12.4 Å². The minimum absolute atomic E-state index is 0. The highest BCUT2D eigenvalue weighted by atomic mass is 127. The van der Waals surface area contributed by atoms with Crippen molar-refractivity contribution in [1.82, 2.24) is 4.90 Å². The number of nitrogens with zero attached hydrogens (tertiary/aromatic N) is 2. The van der Waals surface area contributed by atoms with E-state index >= 15 is 0 Å². The topological polar surface area (TPSA) is 75.9 Å². The lowest BCUT2D eigenvalue weighted by atomic mass is 9.89. The number of amides is 2. The highest BCUT2D eigenvalue weighted by molar-refractivity contribution is 14.0. The van der Waals surface area contributed by atoms with E-state index < -0.39 is 18.1 Å². The maximum absolute atomic E-state index is 12.9. The third-order valence-electron chi connectivity index (χ3n) is 5.03. The Bertz CT molecular complexity index is 931. The Balaban J connectivity index is 0.00000341. The lowest BCUT2D eigenvalue weighted by molar-refractivity contribution is -0.274. The van der Waals surface area contributed by atoms with Gasteiger partial charge in [0, 0.05) is 11.5 Å². The Morgan fingerprint density at radius 2 is 1.74 bits per heavy atom. The fourth-order valence-corrected chi connectivity index (χ4v) is 3.54. The minimum Gasteiger partial charge on any atom is -0.404 e. The van der Waals surface area contributed by atoms with Gasteiger partial charge in [0.15, 0.2) is 11.5 Å². The number of hydrogen-bond acceptors (Lipinski definition) is 4. The number of anilines is 2. The third kappa shape index (κ3) is 6.33. The zero-order valence-corrected chi connectivity index (χ0v) is 19.1.